The molecule has 0 radical (unpaired) electrons. The van der Waals surface area contributed by atoms with Gasteiger partial charge in [0, 0.05) is 13.0 Å². The molecule has 1 unspecified atom stereocenters. The number of rotatable bonds is 7. The Bertz CT molecular complexity index is 282. The zero-order valence-electron chi connectivity index (χ0n) is 9.98. The van der Waals surface area contributed by atoms with Gasteiger partial charge in [-0.25, -0.2) is 0 Å². The first-order chi connectivity index (χ1) is 7.76. The fraction of sp³-hybridized carbons (Fsp3) is 0.538. The van der Waals surface area contributed by atoms with Gasteiger partial charge in [-0.05, 0) is 24.1 Å². The van der Waals surface area contributed by atoms with Crippen LogP contribution in [0.25, 0.3) is 0 Å². The fourth-order valence-corrected chi connectivity index (χ4v) is 1.46. The van der Waals surface area contributed by atoms with E-state index in [0.717, 1.165) is 17.7 Å². The van der Waals surface area contributed by atoms with E-state index in [-0.39, 0.29) is 0 Å². The molecule has 0 aromatic heterocycles. The summed E-state index contributed by atoms with van der Waals surface area (Å²) >= 11 is 0. The van der Waals surface area contributed by atoms with E-state index in [2.05, 4.69) is 6.92 Å². The molecule has 0 bridgehead atoms. The summed E-state index contributed by atoms with van der Waals surface area (Å²) in [6.07, 6.45) is 1.17. The minimum absolute atomic E-state index is 0.403. The highest BCUT2D eigenvalue weighted by molar-refractivity contribution is 5.27. The van der Waals surface area contributed by atoms with Crippen LogP contribution in [0.3, 0.4) is 0 Å². The van der Waals surface area contributed by atoms with E-state index in [1.165, 1.54) is 0 Å². The second-order valence-corrected chi connectivity index (χ2v) is 3.78. The molecule has 0 amide bonds. The van der Waals surface area contributed by atoms with Crippen LogP contribution in [-0.2, 0) is 11.2 Å². The smallest absolute Gasteiger partial charge is 0.118 e. The number of benzene rings is 1. The van der Waals surface area contributed by atoms with Crippen LogP contribution < -0.4 is 4.74 Å². The highest BCUT2D eigenvalue weighted by Gasteiger charge is 2.05. The number of aliphatic hydroxyl groups excluding tert-OH is 1. The van der Waals surface area contributed by atoms with Gasteiger partial charge in [-0.2, -0.15) is 0 Å². The molecule has 90 valence electrons. The molecule has 0 saturated heterocycles. The second-order valence-electron chi connectivity index (χ2n) is 3.78. The van der Waals surface area contributed by atoms with Crippen molar-refractivity contribution in [2.75, 3.05) is 20.3 Å². The van der Waals surface area contributed by atoms with Crippen LogP contribution in [0.1, 0.15) is 18.9 Å². The van der Waals surface area contributed by atoms with Crippen molar-refractivity contribution in [1.82, 2.24) is 0 Å². The summed E-state index contributed by atoms with van der Waals surface area (Å²) in [5, 5.41) is 9.70. The van der Waals surface area contributed by atoms with Crippen molar-refractivity contribution in [3.63, 3.8) is 0 Å². The van der Waals surface area contributed by atoms with Crippen LogP contribution in [0.15, 0.2) is 24.3 Å². The Balaban J connectivity index is 2.34. The van der Waals surface area contributed by atoms with Crippen LogP contribution in [-0.4, -0.2) is 31.5 Å². The summed E-state index contributed by atoms with van der Waals surface area (Å²) in [7, 11) is 1.64. The van der Waals surface area contributed by atoms with Crippen molar-refractivity contribution in [3.05, 3.63) is 29.8 Å². The minimum atomic E-state index is -0.431. The summed E-state index contributed by atoms with van der Waals surface area (Å²) in [5.41, 5.74) is 1.09. The van der Waals surface area contributed by atoms with Gasteiger partial charge in [-0.15, -0.1) is 0 Å². The standard InChI is InChI=1S/C13H20O3/c1-3-8-16-10-12(14)9-11-4-6-13(15-2)7-5-11/h4-7,12,14H,3,8-10H2,1-2H3. The van der Waals surface area contributed by atoms with E-state index < -0.39 is 6.10 Å². The van der Waals surface area contributed by atoms with E-state index in [4.69, 9.17) is 9.47 Å². The zero-order valence-corrected chi connectivity index (χ0v) is 9.98. The van der Waals surface area contributed by atoms with Gasteiger partial charge < -0.3 is 14.6 Å². The zero-order chi connectivity index (χ0) is 11.8. The lowest BCUT2D eigenvalue weighted by Crippen LogP contribution is -2.18. The Hall–Kier alpha value is -1.06. The maximum Gasteiger partial charge on any atom is 0.118 e. The van der Waals surface area contributed by atoms with E-state index in [0.29, 0.717) is 19.6 Å². The third-order valence-corrected chi connectivity index (χ3v) is 2.29. The number of hydrogen-bond acceptors (Lipinski definition) is 3. The van der Waals surface area contributed by atoms with Crippen molar-refractivity contribution in [2.45, 2.75) is 25.9 Å². The molecule has 1 atom stereocenters. The third kappa shape index (κ3) is 4.64. The van der Waals surface area contributed by atoms with Crippen molar-refractivity contribution in [3.8, 4) is 5.75 Å². The van der Waals surface area contributed by atoms with Crippen molar-refractivity contribution >= 4 is 0 Å². The predicted molar refractivity (Wildman–Crippen MR) is 63.8 cm³/mol. The SMILES string of the molecule is CCCOCC(O)Cc1ccc(OC)cc1. The molecular weight excluding hydrogens is 204 g/mol. The Kier molecular flexibility index (Phi) is 5.90. The average molecular weight is 224 g/mol. The Labute approximate surface area is 97.0 Å². The molecular formula is C13H20O3. The van der Waals surface area contributed by atoms with Gasteiger partial charge in [0.25, 0.3) is 0 Å². The van der Waals surface area contributed by atoms with Gasteiger partial charge in [0.2, 0.25) is 0 Å². The molecule has 16 heavy (non-hydrogen) atoms. The normalized spacial score (nSPS) is 12.4. The van der Waals surface area contributed by atoms with Gasteiger partial charge >= 0.3 is 0 Å². The van der Waals surface area contributed by atoms with Crippen molar-refractivity contribution in [2.24, 2.45) is 0 Å². The van der Waals surface area contributed by atoms with Gasteiger partial charge in [-0.3, -0.25) is 0 Å². The summed E-state index contributed by atoms with van der Waals surface area (Å²) in [5.74, 6) is 0.834. The first kappa shape index (κ1) is 13.0. The van der Waals surface area contributed by atoms with Crippen LogP contribution in [0.5, 0.6) is 5.75 Å². The minimum Gasteiger partial charge on any atom is -0.497 e. The maximum absolute atomic E-state index is 9.70. The van der Waals surface area contributed by atoms with Crippen molar-refractivity contribution < 1.29 is 14.6 Å². The number of ether oxygens (including phenoxy) is 2. The average Bonchev–Trinajstić information content (AvgIpc) is 2.30. The summed E-state index contributed by atoms with van der Waals surface area (Å²) in [4.78, 5) is 0. The first-order valence-corrected chi connectivity index (χ1v) is 5.65. The molecule has 1 aromatic carbocycles. The van der Waals surface area contributed by atoms with Crippen molar-refractivity contribution in [1.29, 1.82) is 0 Å². The molecule has 1 rings (SSSR count). The largest absolute Gasteiger partial charge is 0.497 e. The van der Waals surface area contributed by atoms with E-state index in [1.807, 2.05) is 24.3 Å². The second kappa shape index (κ2) is 7.25. The number of hydrogen-bond donors (Lipinski definition) is 1. The highest BCUT2D eigenvalue weighted by Crippen LogP contribution is 2.12. The molecule has 3 nitrogen and oxygen atoms in total. The topological polar surface area (TPSA) is 38.7 Å². The quantitative estimate of drug-likeness (QED) is 0.720. The molecule has 0 heterocycles. The van der Waals surface area contributed by atoms with E-state index >= 15 is 0 Å². The first-order valence-electron chi connectivity index (χ1n) is 5.65. The molecule has 3 heteroatoms. The van der Waals surface area contributed by atoms with Gasteiger partial charge in [0.1, 0.15) is 5.75 Å². The molecule has 0 aliphatic heterocycles. The molecule has 0 fully saturated rings. The van der Waals surface area contributed by atoms with Gasteiger partial charge in [-0.1, -0.05) is 19.1 Å². The lowest BCUT2D eigenvalue weighted by atomic mass is 10.1. The summed E-state index contributed by atoms with van der Waals surface area (Å²) < 4.78 is 10.4. The van der Waals surface area contributed by atoms with E-state index in [9.17, 15) is 5.11 Å². The maximum atomic E-state index is 9.70. The molecule has 1 aromatic rings. The fourth-order valence-electron chi connectivity index (χ4n) is 1.46. The summed E-state index contributed by atoms with van der Waals surface area (Å²) in [6.45, 7) is 3.16. The molecule has 0 spiro atoms. The number of aliphatic hydroxyl groups is 1. The number of methoxy groups -OCH3 is 1. The van der Waals surface area contributed by atoms with Crippen LogP contribution in [0, 0.1) is 0 Å². The van der Waals surface area contributed by atoms with Gasteiger partial charge in [0.15, 0.2) is 0 Å². The van der Waals surface area contributed by atoms with Crippen LogP contribution in [0.4, 0.5) is 0 Å². The Morgan fingerprint density at radius 1 is 1.25 bits per heavy atom. The molecule has 1 N–H and O–H groups in total. The van der Waals surface area contributed by atoms with Crippen LogP contribution >= 0.6 is 0 Å². The summed E-state index contributed by atoms with van der Waals surface area (Å²) in [6, 6.07) is 7.72. The molecule has 0 saturated carbocycles. The van der Waals surface area contributed by atoms with E-state index in [1.54, 1.807) is 7.11 Å². The predicted octanol–water partition coefficient (Wildman–Crippen LogP) is 2.03. The molecule has 0 aliphatic rings. The Morgan fingerprint density at radius 3 is 2.50 bits per heavy atom. The highest BCUT2D eigenvalue weighted by atomic mass is 16.5. The Morgan fingerprint density at radius 2 is 1.94 bits per heavy atom. The molecule has 0 aliphatic carbocycles. The lowest BCUT2D eigenvalue weighted by Gasteiger charge is -2.11. The van der Waals surface area contributed by atoms with Crippen LogP contribution in [0.2, 0.25) is 0 Å². The van der Waals surface area contributed by atoms with Gasteiger partial charge in [0.05, 0.1) is 19.8 Å². The lowest BCUT2D eigenvalue weighted by molar-refractivity contribution is 0.0374. The monoisotopic (exact) mass is 224 g/mol. The third-order valence-electron chi connectivity index (χ3n) is 2.29.